The minimum absolute atomic E-state index is 0.0200. The molecule has 0 aromatic carbocycles. The van der Waals surface area contributed by atoms with E-state index in [4.69, 9.17) is 33.7 Å². The molecule has 0 saturated carbocycles. The Hall–Kier alpha value is -4.11. The molecular weight excluding hydrogens is 863 g/mol. The molecule has 0 spiro atoms. The Morgan fingerprint density at radius 1 is 0.851 bits per heavy atom. The summed E-state index contributed by atoms with van der Waals surface area (Å²) >= 11 is 0. The second-order valence-corrected chi connectivity index (χ2v) is 18.5. The van der Waals surface area contributed by atoms with Gasteiger partial charge < -0.3 is 69.6 Å². The molecule has 3 aromatic heterocycles. The van der Waals surface area contributed by atoms with Crippen molar-refractivity contribution in [2.24, 2.45) is 0 Å². The predicted molar refractivity (Wildman–Crippen MR) is 252 cm³/mol. The molecule has 1 amide bonds. The number of carbonyl (C=O) groups excluding carboxylic acids is 1. The highest BCUT2D eigenvalue weighted by Gasteiger charge is 2.44. The van der Waals surface area contributed by atoms with Crippen LogP contribution in [0.25, 0.3) is 33.7 Å². The summed E-state index contributed by atoms with van der Waals surface area (Å²) in [5, 5.41) is 62.8. The van der Waals surface area contributed by atoms with Gasteiger partial charge in [0.15, 0.2) is 12.6 Å². The van der Waals surface area contributed by atoms with Gasteiger partial charge in [-0.1, -0.05) is 13.8 Å². The third kappa shape index (κ3) is 11.5. The third-order valence-electron chi connectivity index (χ3n) is 13.8. The first-order chi connectivity index (χ1) is 32.1. The van der Waals surface area contributed by atoms with Crippen LogP contribution in [0.5, 0.6) is 0 Å². The molecule has 0 aliphatic carbocycles. The topological polar surface area (TPSA) is 254 Å². The third-order valence-corrected chi connectivity index (χ3v) is 13.8. The molecule has 67 heavy (non-hydrogen) atoms. The zero-order chi connectivity index (χ0) is 48.1. The number of ether oxygens (including phenoxy) is 5. The van der Waals surface area contributed by atoms with Gasteiger partial charge in [0.2, 0.25) is 5.91 Å². The van der Waals surface area contributed by atoms with Crippen LogP contribution in [0.2, 0.25) is 0 Å². The van der Waals surface area contributed by atoms with Crippen LogP contribution in [0.15, 0.2) is 18.2 Å². The van der Waals surface area contributed by atoms with Gasteiger partial charge in [0.25, 0.3) is 0 Å². The lowest BCUT2D eigenvalue weighted by Crippen LogP contribution is -2.59. The fourth-order valence-electron chi connectivity index (χ4n) is 9.81. The Balaban J connectivity index is 1.13. The van der Waals surface area contributed by atoms with Gasteiger partial charge in [-0.05, 0) is 112 Å². The van der Waals surface area contributed by atoms with E-state index in [1.165, 1.54) is 5.56 Å². The molecule has 4 aliphatic heterocycles. The van der Waals surface area contributed by atoms with Crippen molar-refractivity contribution < 1.29 is 59.1 Å². The molecule has 7 heterocycles. The summed E-state index contributed by atoms with van der Waals surface area (Å²) in [6.45, 7) is 15.2. The number of aryl methyl sites for hydroxylation is 3. The monoisotopic (exact) mass is 934 g/mol. The molecule has 2 saturated heterocycles. The molecule has 4 aliphatic rings. The van der Waals surface area contributed by atoms with Gasteiger partial charge in [-0.2, -0.15) is 0 Å². The lowest BCUT2D eigenvalue weighted by molar-refractivity contribution is -0.301. The number of aromatic nitrogens is 4. The predicted octanol–water partition coefficient (Wildman–Crippen LogP) is 4.70. The van der Waals surface area contributed by atoms with Crippen molar-refractivity contribution in [2.75, 3.05) is 39.6 Å². The SMILES string of the molecule is CCc1c(C)c2cc3[nH]c(cc4nc(c(C)c5nc(cc1[nH]2)C(C)=C5)[C@@H](CCC(=O)NCCCO[C@H]1C[C@@H](O)C[C@@H](CO)O1)[C@@H]4C)c(C)c3C(C)OCCCO[C@@H]1O[C@H](CO)[C@@H](O)[C@H](O)[C@H]1O. The van der Waals surface area contributed by atoms with Crippen LogP contribution in [-0.2, 0) is 34.9 Å². The van der Waals surface area contributed by atoms with Gasteiger partial charge in [-0.15, -0.1) is 0 Å². The lowest BCUT2D eigenvalue weighted by atomic mass is 9.85. The first-order valence-corrected chi connectivity index (χ1v) is 23.9. The zero-order valence-electron chi connectivity index (χ0n) is 39.9. The van der Waals surface area contributed by atoms with Crippen LogP contribution in [0.4, 0.5) is 0 Å². The molecule has 0 radical (unpaired) electrons. The van der Waals surface area contributed by atoms with Crippen LogP contribution >= 0.6 is 0 Å². The van der Waals surface area contributed by atoms with E-state index >= 15 is 0 Å². The summed E-state index contributed by atoms with van der Waals surface area (Å²) in [5.74, 6) is -0.133. The number of carbonyl (C=O) groups is 1. The number of aromatic amines is 2. The van der Waals surface area contributed by atoms with Crippen molar-refractivity contribution in [1.29, 1.82) is 0 Å². The molecule has 3 aromatic rings. The van der Waals surface area contributed by atoms with Crippen LogP contribution in [0, 0.1) is 20.8 Å². The molecular formula is C50H71N5O12. The molecule has 9 N–H and O–H groups in total. The summed E-state index contributed by atoms with van der Waals surface area (Å²) in [4.78, 5) is 31.2. The molecule has 7 rings (SSSR count). The Bertz CT molecular complexity index is 2400. The van der Waals surface area contributed by atoms with Gasteiger partial charge in [0, 0.05) is 83.3 Å². The van der Waals surface area contributed by atoms with E-state index in [-0.39, 0.29) is 37.1 Å². The number of allylic oxidation sites excluding steroid dienone is 1. The van der Waals surface area contributed by atoms with E-state index in [9.17, 15) is 35.4 Å². The summed E-state index contributed by atoms with van der Waals surface area (Å²) in [6.07, 6.45) is -3.11. The number of hydrogen-bond acceptors (Lipinski definition) is 14. The number of hydrogen-bond donors (Lipinski definition) is 9. The van der Waals surface area contributed by atoms with Crippen molar-refractivity contribution >= 4 is 39.6 Å². The maximum absolute atomic E-state index is 13.3. The van der Waals surface area contributed by atoms with E-state index in [0.717, 1.165) is 79.1 Å². The number of amides is 1. The Labute approximate surface area is 391 Å². The van der Waals surface area contributed by atoms with Crippen molar-refractivity contribution in [3.05, 3.63) is 68.8 Å². The Morgan fingerprint density at radius 3 is 2.34 bits per heavy atom. The molecule has 17 nitrogen and oxygen atoms in total. The Kier molecular flexibility index (Phi) is 17.1. The molecule has 11 atom stereocenters. The quantitative estimate of drug-likeness (QED) is 0.0785. The lowest BCUT2D eigenvalue weighted by Gasteiger charge is -2.39. The van der Waals surface area contributed by atoms with Crippen LogP contribution in [0.1, 0.15) is 135 Å². The number of rotatable bonds is 18. The average molecular weight is 934 g/mol. The minimum atomic E-state index is -1.51. The molecule has 17 heteroatoms. The van der Waals surface area contributed by atoms with Crippen molar-refractivity contribution in [3.8, 4) is 0 Å². The number of aliphatic hydroxyl groups excluding tert-OH is 6. The first-order valence-electron chi connectivity index (χ1n) is 23.9. The average Bonchev–Trinajstić information content (AvgIpc) is 4.02. The fourth-order valence-corrected chi connectivity index (χ4v) is 9.81. The standard InChI is InChI=1S/C50H71N5O12/c1-8-33-26(3)37-22-41-45(30(7)63-15-10-16-65-50-49(62)48(61)47(60)42(24-57)67-50)28(5)39(54-41)21-38-27(4)34(46(55-38)29(6)36-17-25(2)35(52-36)20-40(33)53-37)11-12-43(59)51-13-9-14-64-44-19-31(58)18-32(23-56)66-44/h17,20-22,27,30-32,34,42,44,47-50,53-54,56-58,60-62H,8-16,18-19,23-24H2,1-7H3,(H,51,59)/t27-,30?,31-,32-,34-,42+,44+,47+,48-,49+,50+/m0/s1. The van der Waals surface area contributed by atoms with E-state index in [1.807, 2.05) is 6.92 Å². The molecule has 2 fully saturated rings. The zero-order valence-corrected chi connectivity index (χ0v) is 39.9. The van der Waals surface area contributed by atoms with Crippen molar-refractivity contribution in [2.45, 2.75) is 161 Å². The highest BCUT2D eigenvalue weighted by molar-refractivity contribution is 5.85. The first kappa shape index (κ1) is 50.8. The summed E-state index contributed by atoms with van der Waals surface area (Å²) in [5.41, 5.74) is 13.7. The number of aliphatic hydroxyl groups is 6. The number of H-pyrrole nitrogens is 2. The number of nitrogens with one attached hydrogen (secondary N) is 3. The number of fused-ring (bicyclic) bond motifs is 8. The van der Waals surface area contributed by atoms with E-state index in [2.05, 4.69) is 81.1 Å². The maximum Gasteiger partial charge on any atom is 0.220 e. The van der Waals surface area contributed by atoms with Gasteiger partial charge >= 0.3 is 0 Å². The normalized spacial score (nSPS) is 27.0. The molecule has 368 valence electrons. The second kappa shape index (κ2) is 22.5. The summed E-state index contributed by atoms with van der Waals surface area (Å²) < 4.78 is 29.1. The van der Waals surface area contributed by atoms with Crippen molar-refractivity contribution in [1.82, 2.24) is 25.3 Å². The van der Waals surface area contributed by atoms with Gasteiger partial charge in [0.1, 0.15) is 24.4 Å². The highest BCUT2D eigenvalue weighted by atomic mass is 16.7. The van der Waals surface area contributed by atoms with E-state index < -0.39 is 55.8 Å². The van der Waals surface area contributed by atoms with Crippen LogP contribution < -0.4 is 5.32 Å². The van der Waals surface area contributed by atoms with Gasteiger partial charge in [0.05, 0.1) is 56.1 Å². The highest BCUT2D eigenvalue weighted by Crippen LogP contribution is 2.42. The molecule has 8 bridgehead atoms. The van der Waals surface area contributed by atoms with Gasteiger partial charge in [-0.25, -0.2) is 4.98 Å². The molecule has 1 unspecified atom stereocenters. The summed E-state index contributed by atoms with van der Waals surface area (Å²) in [6, 6.07) is 6.38. The summed E-state index contributed by atoms with van der Waals surface area (Å²) in [7, 11) is 0. The van der Waals surface area contributed by atoms with E-state index in [0.29, 0.717) is 58.3 Å². The largest absolute Gasteiger partial charge is 0.394 e. The van der Waals surface area contributed by atoms with Gasteiger partial charge in [-0.3, -0.25) is 9.78 Å². The van der Waals surface area contributed by atoms with Crippen LogP contribution in [0.3, 0.4) is 0 Å². The smallest absolute Gasteiger partial charge is 0.220 e. The Morgan fingerprint density at radius 2 is 1.60 bits per heavy atom. The second-order valence-electron chi connectivity index (χ2n) is 18.5. The van der Waals surface area contributed by atoms with E-state index in [1.54, 1.807) is 0 Å². The fraction of sp³-hybridized carbons (Fsp3) is 0.620. The minimum Gasteiger partial charge on any atom is -0.394 e. The maximum atomic E-state index is 13.3. The van der Waals surface area contributed by atoms with Crippen molar-refractivity contribution in [3.63, 3.8) is 0 Å². The van der Waals surface area contributed by atoms with Crippen LogP contribution in [-0.4, -0.2) is 145 Å². The number of nitrogens with zero attached hydrogens (tertiary/aromatic N) is 2.